The lowest BCUT2D eigenvalue weighted by atomic mass is 10.1. The highest BCUT2D eigenvalue weighted by molar-refractivity contribution is 7.86. The van der Waals surface area contributed by atoms with Crippen LogP contribution in [0.1, 0.15) is 56.2 Å². The van der Waals surface area contributed by atoms with Gasteiger partial charge in [0.25, 0.3) is 5.91 Å². The van der Waals surface area contributed by atoms with E-state index in [4.69, 9.17) is 4.74 Å². The molecule has 1 atom stereocenters. The molecule has 2 heterocycles. The predicted molar refractivity (Wildman–Crippen MR) is 166 cm³/mol. The minimum atomic E-state index is -4.71. The molecule has 10 nitrogen and oxygen atoms in total. The van der Waals surface area contributed by atoms with Crippen LogP contribution in [0.3, 0.4) is 0 Å². The maximum absolute atomic E-state index is 13.4. The van der Waals surface area contributed by atoms with Gasteiger partial charge >= 0.3 is 11.9 Å². The molecule has 0 fully saturated rings. The summed E-state index contributed by atoms with van der Waals surface area (Å²) in [6.45, 7) is 9.18. The Bertz CT molecular complexity index is 1690. The zero-order valence-electron chi connectivity index (χ0n) is 26.2. The van der Waals surface area contributed by atoms with Crippen LogP contribution in [0.25, 0.3) is 11.3 Å². The quantitative estimate of drug-likeness (QED) is 0.150. The Hall–Kier alpha value is -4.67. The number of anilines is 3. The molecule has 0 saturated heterocycles. The van der Waals surface area contributed by atoms with Gasteiger partial charge in [-0.3, -0.25) is 9.52 Å². The Labute approximate surface area is 269 Å². The van der Waals surface area contributed by atoms with Crippen molar-refractivity contribution < 1.29 is 40.1 Å². The van der Waals surface area contributed by atoms with Gasteiger partial charge in [-0.05, 0) is 50.6 Å². The molecule has 4 rings (SSSR count). The van der Waals surface area contributed by atoms with Crippen LogP contribution in [-0.2, 0) is 29.3 Å². The maximum atomic E-state index is 13.4. The van der Waals surface area contributed by atoms with Gasteiger partial charge in [0.1, 0.15) is 41.1 Å². The number of benzene rings is 2. The Balaban J connectivity index is 0.00000294. The van der Waals surface area contributed by atoms with Crippen LogP contribution < -0.4 is 20.1 Å². The number of carbonyl (C=O) groups is 1. The molecule has 1 unspecified atom stereocenters. The lowest BCUT2D eigenvalue weighted by molar-refractivity contribution is -0.141. The summed E-state index contributed by atoms with van der Waals surface area (Å²) >= 11 is 0. The Morgan fingerprint density at radius 2 is 1.68 bits per heavy atom. The van der Waals surface area contributed by atoms with E-state index in [2.05, 4.69) is 30.4 Å². The number of hydrogen-bond donors (Lipinski definition) is 3. The fraction of sp³-hybridized carbons (Fsp3) is 0.333. The van der Waals surface area contributed by atoms with Crippen LogP contribution in [0.15, 0.2) is 54.9 Å². The summed E-state index contributed by atoms with van der Waals surface area (Å²) < 4.78 is 100. The second-order valence-electron chi connectivity index (χ2n) is 10.4. The molecule has 4 aromatic rings. The van der Waals surface area contributed by atoms with Gasteiger partial charge in [-0.2, -0.15) is 27.1 Å². The third-order valence-electron chi connectivity index (χ3n) is 6.10. The summed E-state index contributed by atoms with van der Waals surface area (Å²) in [4.78, 5) is 20.5. The van der Waals surface area contributed by atoms with Crippen LogP contribution in [0.2, 0.25) is 0 Å². The first-order valence-electron chi connectivity index (χ1n) is 14.1. The first kappa shape index (κ1) is 36.8. The largest absolute Gasteiger partial charge is 0.487 e. The number of nitrogens with zero attached hydrogens (tertiary/aromatic N) is 4. The molecular formula is C30H33F6N7O3S. The SMILES string of the molecule is CC.CNC(=O)c1c(-c2ccc(NS(=O)C(F)F)c(OCc3ccc(F)cc3)c2)nn(C(C)(C)C)c1Nc1cnc(C(F)(F)F)cn1. The van der Waals surface area contributed by atoms with Crippen LogP contribution in [0, 0.1) is 5.82 Å². The number of ether oxygens (including phenoxy) is 1. The van der Waals surface area contributed by atoms with Crippen LogP contribution in [0.5, 0.6) is 5.75 Å². The van der Waals surface area contributed by atoms with Crippen molar-refractivity contribution in [3.63, 3.8) is 0 Å². The van der Waals surface area contributed by atoms with E-state index in [1.54, 1.807) is 20.8 Å². The Kier molecular flexibility index (Phi) is 12.0. The van der Waals surface area contributed by atoms with Gasteiger partial charge < -0.3 is 15.4 Å². The third kappa shape index (κ3) is 9.21. The first-order chi connectivity index (χ1) is 22.1. The maximum Gasteiger partial charge on any atom is 0.434 e. The molecule has 0 saturated carbocycles. The van der Waals surface area contributed by atoms with Gasteiger partial charge in [0.15, 0.2) is 16.7 Å². The van der Waals surface area contributed by atoms with Gasteiger partial charge in [0, 0.05) is 12.6 Å². The van der Waals surface area contributed by atoms with Gasteiger partial charge in [-0.1, -0.05) is 32.0 Å². The van der Waals surface area contributed by atoms with Crippen molar-refractivity contribution in [3.8, 4) is 17.0 Å². The van der Waals surface area contributed by atoms with E-state index >= 15 is 0 Å². The molecule has 47 heavy (non-hydrogen) atoms. The van der Waals surface area contributed by atoms with Gasteiger partial charge in [0.05, 0.1) is 23.6 Å². The highest BCUT2D eigenvalue weighted by Crippen LogP contribution is 2.38. The smallest absolute Gasteiger partial charge is 0.434 e. The first-order valence-corrected chi connectivity index (χ1v) is 15.3. The van der Waals surface area contributed by atoms with E-state index in [9.17, 15) is 35.3 Å². The van der Waals surface area contributed by atoms with Crippen LogP contribution in [-0.4, -0.2) is 42.7 Å². The van der Waals surface area contributed by atoms with Gasteiger partial charge in [-0.15, -0.1) is 0 Å². The molecule has 1 amide bonds. The second kappa shape index (κ2) is 15.3. The molecule has 0 aliphatic rings. The molecule has 2 aromatic carbocycles. The van der Waals surface area contributed by atoms with E-state index in [1.807, 2.05) is 13.8 Å². The molecule has 0 radical (unpaired) electrons. The number of halogens is 6. The van der Waals surface area contributed by atoms with E-state index in [0.29, 0.717) is 11.8 Å². The minimum absolute atomic E-state index is 0.0320. The summed E-state index contributed by atoms with van der Waals surface area (Å²) in [5.74, 6) is -4.39. The molecule has 17 heteroatoms. The normalized spacial score (nSPS) is 12.2. The monoisotopic (exact) mass is 685 g/mol. The zero-order chi connectivity index (χ0) is 35.1. The standard InChI is InChI=1S/C28H27F6N7O3S.C2H6/c1-27(2,3)41-24(38-21-13-36-20(12-37-21)28(32,33)34)22(25(42)35-4)23(39-41)16-7-10-18(40-45(43)26(30)31)19(11-16)44-14-15-5-8-17(29)9-6-15;1-2/h5-13,26,40H,14H2,1-4H3,(H,35,42)(H,37,38);1-2H3. The summed E-state index contributed by atoms with van der Waals surface area (Å²) in [5.41, 5.74) is -1.21. The number of hydrogen-bond acceptors (Lipinski definition) is 7. The number of nitrogens with one attached hydrogen (secondary N) is 3. The third-order valence-corrected chi connectivity index (χ3v) is 6.84. The average molecular weight is 686 g/mol. The van der Waals surface area contributed by atoms with Crippen LogP contribution >= 0.6 is 0 Å². The summed E-state index contributed by atoms with van der Waals surface area (Å²) in [7, 11) is -1.41. The van der Waals surface area contributed by atoms with E-state index in [0.717, 1.165) is 6.20 Å². The van der Waals surface area contributed by atoms with E-state index in [1.165, 1.54) is 54.2 Å². The predicted octanol–water partition coefficient (Wildman–Crippen LogP) is 7.26. The van der Waals surface area contributed by atoms with E-state index in [-0.39, 0.29) is 46.5 Å². The Morgan fingerprint density at radius 1 is 1.02 bits per heavy atom. The second-order valence-corrected chi connectivity index (χ2v) is 11.6. The van der Waals surface area contributed by atoms with Gasteiger partial charge in [0.2, 0.25) is 0 Å². The van der Waals surface area contributed by atoms with Crippen LogP contribution in [0.4, 0.5) is 43.7 Å². The highest BCUT2D eigenvalue weighted by atomic mass is 32.2. The molecule has 0 aliphatic heterocycles. The minimum Gasteiger partial charge on any atom is -0.487 e. The molecule has 254 valence electrons. The van der Waals surface area contributed by atoms with Crippen molar-refractivity contribution in [3.05, 3.63) is 77.5 Å². The number of aromatic nitrogens is 4. The van der Waals surface area contributed by atoms with E-state index < -0.39 is 45.9 Å². The van der Waals surface area contributed by atoms with Crippen molar-refractivity contribution >= 4 is 34.2 Å². The molecule has 0 spiro atoms. The Morgan fingerprint density at radius 3 is 2.21 bits per heavy atom. The summed E-state index contributed by atoms with van der Waals surface area (Å²) in [6, 6.07) is 9.47. The van der Waals surface area contributed by atoms with Crippen molar-refractivity contribution in [1.29, 1.82) is 0 Å². The number of alkyl halides is 5. The fourth-order valence-electron chi connectivity index (χ4n) is 3.99. The van der Waals surface area contributed by atoms with Crippen molar-refractivity contribution in [2.75, 3.05) is 17.1 Å². The fourth-order valence-corrected chi connectivity index (χ4v) is 4.46. The molecule has 2 aromatic heterocycles. The van der Waals surface area contributed by atoms with Crippen molar-refractivity contribution in [2.45, 2.75) is 58.7 Å². The number of amides is 1. The zero-order valence-corrected chi connectivity index (χ0v) is 27.0. The summed E-state index contributed by atoms with van der Waals surface area (Å²) in [6.07, 6.45) is -3.31. The number of carbonyl (C=O) groups excluding carboxylic acids is 1. The molecular weight excluding hydrogens is 652 g/mol. The van der Waals surface area contributed by atoms with Crippen molar-refractivity contribution in [2.24, 2.45) is 0 Å². The van der Waals surface area contributed by atoms with Crippen molar-refractivity contribution in [1.82, 2.24) is 25.1 Å². The highest BCUT2D eigenvalue weighted by Gasteiger charge is 2.34. The van der Waals surface area contributed by atoms with Gasteiger partial charge in [-0.25, -0.2) is 23.2 Å². The topological polar surface area (TPSA) is 123 Å². The lowest BCUT2D eigenvalue weighted by Gasteiger charge is -2.23. The molecule has 0 aliphatic carbocycles. The number of rotatable bonds is 10. The molecule has 3 N–H and O–H groups in total. The molecule has 0 bridgehead atoms. The summed E-state index contributed by atoms with van der Waals surface area (Å²) in [5, 5.41) is 9.99. The average Bonchev–Trinajstić information content (AvgIpc) is 3.41. The lowest BCUT2D eigenvalue weighted by Crippen LogP contribution is -2.26.